The Morgan fingerprint density at radius 2 is 1.89 bits per heavy atom. The Hall–Kier alpha value is -2.09. The van der Waals surface area contributed by atoms with Crippen molar-refractivity contribution < 1.29 is 9.32 Å². The second kappa shape index (κ2) is 9.21. The van der Waals surface area contributed by atoms with Crippen LogP contribution in [-0.2, 0) is 11.3 Å². The summed E-state index contributed by atoms with van der Waals surface area (Å²) in [5.74, 6) is 2.31. The molecule has 3 rings (SSSR count). The van der Waals surface area contributed by atoms with E-state index < -0.39 is 0 Å². The van der Waals surface area contributed by atoms with Crippen LogP contribution in [0.15, 0.2) is 15.6 Å². The van der Waals surface area contributed by atoms with Crippen LogP contribution in [0.25, 0.3) is 0 Å². The fourth-order valence-electron chi connectivity index (χ4n) is 3.56. The number of hydrogen-bond acceptors (Lipinski definition) is 5. The number of aromatic nitrogens is 1. The average molecular weight is 377 g/mol. The van der Waals surface area contributed by atoms with E-state index in [0.29, 0.717) is 19.0 Å². The van der Waals surface area contributed by atoms with Gasteiger partial charge in [-0.1, -0.05) is 19.0 Å². The molecule has 2 fully saturated rings. The molecule has 27 heavy (non-hydrogen) atoms. The minimum Gasteiger partial charge on any atom is -0.359 e. The van der Waals surface area contributed by atoms with Crippen molar-refractivity contribution in [1.82, 2.24) is 25.2 Å². The molecule has 8 heteroatoms. The molecule has 2 saturated heterocycles. The van der Waals surface area contributed by atoms with Gasteiger partial charge in [0.2, 0.25) is 5.91 Å². The molecule has 0 aliphatic carbocycles. The molecular weight excluding hydrogens is 344 g/mol. The van der Waals surface area contributed by atoms with E-state index in [1.165, 1.54) is 0 Å². The number of aliphatic imine (C=N–C) groups is 1. The summed E-state index contributed by atoms with van der Waals surface area (Å²) in [5.41, 5.74) is 0.970. The van der Waals surface area contributed by atoms with E-state index in [1.807, 2.05) is 11.0 Å². The Bertz CT molecular complexity index is 642. The Balaban J connectivity index is 1.43. The first-order valence-corrected chi connectivity index (χ1v) is 9.98. The summed E-state index contributed by atoms with van der Waals surface area (Å²) in [4.78, 5) is 23.2. The molecule has 0 unspecified atom stereocenters. The van der Waals surface area contributed by atoms with Crippen LogP contribution in [0.5, 0.6) is 0 Å². The maximum atomic E-state index is 12.3. The SMILES string of the molecule is CN=C(NCc1cc(C(C)C)no1)N1CCN(CC(=O)N2CCCC2)CC1. The lowest BCUT2D eigenvalue weighted by Gasteiger charge is -2.36. The monoisotopic (exact) mass is 376 g/mol. The van der Waals surface area contributed by atoms with Gasteiger partial charge in [-0.2, -0.15) is 0 Å². The van der Waals surface area contributed by atoms with Crippen molar-refractivity contribution in [2.24, 2.45) is 4.99 Å². The maximum absolute atomic E-state index is 12.3. The minimum atomic E-state index is 0.273. The van der Waals surface area contributed by atoms with Crippen LogP contribution >= 0.6 is 0 Å². The molecule has 8 nitrogen and oxygen atoms in total. The fourth-order valence-corrected chi connectivity index (χ4v) is 3.56. The molecule has 0 bridgehead atoms. The number of guanidine groups is 1. The number of amides is 1. The smallest absolute Gasteiger partial charge is 0.236 e. The first-order valence-electron chi connectivity index (χ1n) is 9.98. The third-order valence-corrected chi connectivity index (χ3v) is 5.29. The first kappa shape index (κ1) is 19.7. The summed E-state index contributed by atoms with van der Waals surface area (Å²) < 4.78 is 5.38. The van der Waals surface area contributed by atoms with E-state index in [1.54, 1.807) is 7.05 Å². The highest BCUT2D eigenvalue weighted by Crippen LogP contribution is 2.14. The number of likely N-dealkylation sites (tertiary alicyclic amines) is 1. The molecule has 0 spiro atoms. The number of piperazine rings is 1. The summed E-state index contributed by atoms with van der Waals surface area (Å²) in [5, 5.41) is 7.45. The van der Waals surface area contributed by atoms with Gasteiger partial charge in [0, 0.05) is 52.4 Å². The van der Waals surface area contributed by atoms with E-state index in [9.17, 15) is 4.79 Å². The predicted molar refractivity (Wildman–Crippen MR) is 105 cm³/mol. The number of nitrogens with zero attached hydrogens (tertiary/aromatic N) is 5. The molecule has 150 valence electrons. The highest BCUT2D eigenvalue weighted by atomic mass is 16.5. The van der Waals surface area contributed by atoms with Crippen molar-refractivity contribution in [1.29, 1.82) is 0 Å². The zero-order chi connectivity index (χ0) is 19.2. The molecule has 0 aromatic carbocycles. The van der Waals surface area contributed by atoms with Gasteiger partial charge in [0.05, 0.1) is 18.8 Å². The molecule has 0 radical (unpaired) electrons. The van der Waals surface area contributed by atoms with Gasteiger partial charge in [-0.3, -0.25) is 14.7 Å². The van der Waals surface area contributed by atoms with Gasteiger partial charge in [0.1, 0.15) is 0 Å². The van der Waals surface area contributed by atoms with Gasteiger partial charge >= 0.3 is 0 Å². The summed E-state index contributed by atoms with van der Waals surface area (Å²) in [6.45, 7) is 10.6. The van der Waals surface area contributed by atoms with Crippen LogP contribution in [0, 0.1) is 0 Å². The third kappa shape index (κ3) is 5.22. The molecule has 1 N–H and O–H groups in total. The molecular formula is C19H32N6O2. The zero-order valence-corrected chi connectivity index (χ0v) is 16.8. The van der Waals surface area contributed by atoms with Gasteiger partial charge in [-0.15, -0.1) is 0 Å². The maximum Gasteiger partial charge on any atom is 0.236 e. The number of rotatable bonds is 5. The molecule has 1 aromatic heterocycles. The van der Waals surface area contributed by atoms with E-state index >= 15 is 0 Å². The van der Waals surface area contributed by atoms with Gasteiger partial charge < -0.3 is 19.6 Å². The van der Waals surface area contributed by atoms with Gasteiger partial charge in [-0.05, 0) is 18.8 Å². The second-order valence-electron chi connectivity index (χ2n) is 7.62. The van der Waals surface area contributed by atoms with Gasteiger partial charge in [0.25, 0.3) is 0 Å². The first-order chi connectivity index (χ1) is 13.1. The zero-order valence-electron chi connectivity index (χ0n) is 16.8. The number of carbonyl (C=O) groups is 1. The van der Waals surface area contributed by atoms with Crippen molar-refractivity contribution in [3.05, 3.63) is 17.5 Å². The van der Waals surface area contributed by atoms with E-state index in [2.05, 4.69) is 39.1 Å². The van der Waals surface area contributed by atoms with Crippen molar-refractivity contribution in [2.75, 3.05) is 52.9 Å². The van der Waals surface area contributed by atoms with Crippen molar-refractivity contribution in [3.63, 3.8) is 0 Å². The molecule has 1 aromatic rings. The van der Waals surface area contributed by atoms with E-state index in [4.69, 9.17) is 4.52 Å². The molecule has 3 heterocycles. The van der Waals surface area contributed by atoms with E-state index in [-0.39, 0.29) is 5.91 Å². The van der Waals surface area contributed by atoms with Crippen molar-refractivity contribution >= 4 is 11.9 Å². The number of hydrogen-bond donors (Lipinski definition) is 1. The number of carbonyl (C=O) groups excluding carboxylic acids is 1. The molecule has 2 aliphatic rings. The predicted octanol–water partition coefficient (Wildman–Crippen LogP) is 1.11. The van der Waals surface area contributed by atoms with Crippen LogP contribution in [0.4, 0.5) is 0 Å². The standard InChI is InChI=1S/C19H32N6O2/c1-15(2)17-12-16(27-22-17)13-21-19(20-3)25-10-8-23(9-11-25)14-18(26)24-6-4-5-7-24/h12,15H,4-11,13-14H2,1-3H3,(H,20,21). The number of nitrogens with one attached hydrogen (secondary N) is 1. The molecule has 0 saturated carbocycles. The Labute approximate surface area is 161 Å². The summed E-state index contributed by atoms with van der Waals surface area (Å²) >= 11 is 0. The lowest BCUT2D eigenvalue weighted by Crippen LogP contribution is -2.54. The van der Waals surface area contributed by atoms with Crippen molar-refractivity contribution in [2.45, 2.75) is 39.2 Å². The average Bonchev–Trinajstić information content (AvgIpc) is 3.35. The third-order valence-electron chi connectivity index (χ3n) is 5.29. The second-order valence-corrected chi connectivity index (χ2v) is 7.62. The van der Waals surface area contributed by atoms with Crippen LogP contribution in [0.3, 0.4) is 0 Å². The van der Waals surface area contributed by atoms with Crippen LogP contribution in [0.2, 0.25) is 0 Å². The molecule has 2 aliphatic heterocycles. The Kier molecular flexibility index (Phi) is 6.71. The Morgan fingerprint density at radius 3 is 2.48 bits per heavy atom. The van der Waals surface area contributed by atoms with Crippen LogP contribution in [0.1, 0.15) is 44.1 Å². The fraction of sp³-hybridized carbons (Fsp3) is 0.737. The summed E-state index contributed by atoms with van der Waals surface area (Å²) in [7, 11) is 1.80. The van der Waals surface area contributed by atoms with Gasteiger partial charge in [-0.25, -0.2) is 0 Å². The van der Waals surface area contributed by atoms with E-state index in [0.717, 1.165) is 69.5 Å². The Morgan fingerprint density at radius 1 is 1.19 bits per heavy atom. The molecule has 0 atom stereocenters. The minimum absolute atomic E-state index is 0.273. The summed E-state index contributed by atoms with van der Waals surface area (Å²) in [6, 6.07) is 1.99. The lowest BCUT2D eigenvalue weighted by molar-refractivity contribution is -0.131. The van der Waals surface area contributed by atoms with Crippen molar-refractivity contribution in [3.8, 4) is 0 Å². The normalized spacial score (nSPS) is 19.2. The quantitative estimate of drug-likeness (QED) is 0.613. The topological polar surface area (TPSA) is 77.2 Å². The largest absolute Gasteiger partial charge is 0.359 e. The molecule has 1 amide bonds. The lowest BCUT2D eigenvalue weighted by atomic mass is 10.1. The summed E-state index contributed by atoms with van der Waals surface area (Å²) in [6.07, 6.45) is 2.29. The highest BCUT2D eigenvalue weighted by molar-refractivity contribution is 5.80. The van der Waals surface area contributed by atoms with Crippen LogP contribution < -0.4 is 5.32 Å². The highest BCUT2D eigenvalue weighted by Gasteiger charge is 2.24. The van der Waals surface area contributed by atoms with Crippen LogP contribution in [-0.4, -0.2) is 84.6 Å². The van der Waals surface area contributed by atoms with Gasteiger partial charge in [0.15, 0.2) is 11.7 Å².